The summed E-state index contributed by atoms with van der Waals surface area (Å²) in [6.45, 7) is 2.43. The van der Waals surface area contributed by atoms with Crippen molar-refractivity contribution in [1.82, 2.24) is 0 Å². The lowest BCUT2D eigenvalue weighted by atomic mass is 10.2. The molecule has 0 saturated heterocycles. The van der Waals surface area contributed by atoms with Crippen molar-refractivity contribution >= 4 is 15.9 Å². The highest BCUT2D eigenvalue weighted by Crippen LogP contribution is 2.31. The van der Waals surface area contributed by atoms with E-state index in [1.165, 1.54) is 0 Å². The van der Waals surface area contributed by atoms with Crippen molar-refractivity contribution in [2.24, 2.45) is 0 Å². The summed E-state index contributed by atoms with van der Waals surface area (Å²) in [5.41, 5.74) is 0.541. The van der Waals surface area contributed by atoms with Gasteiger partial charge in [0.2, 0.25) is 0 Å². The number of hydrogen-bond acceptors (Lipinski definition) is 1. The SMILES string of the molecule is CCOc1ccccc1C(F)Br. The van der Waals surface area contributed by atoms with Crippen LogP contribution in [0.1, 0.15) is 17.6 Å². The Bertz CT molecular complexity index is 250. The van der Waals surface area contributed by atoms with Crippen LogP contribution in [-0.4, -0.2) is 6.61 Å². The average Bonchev–Trinajstić information content (AvgIpc) is 2.05. The molecule has 0 radical (unpaired) electrons. The molecule has 1 aromatic carbocycles. The fourth-order valence-corrected chi connectivity index (χ4v) is 1.33. The van der Waals surface area contributed by atoms with Gasteiger partial charge in [0, 0.05) is 5.56 Å². The highest BCUT2D eigenvalue weighted by atomic mass is 79.9. The maximum Gasteiger partial charge on any atom is 0.183 e. The zero-order valence-corrected chi connectivity index (χ0v) is 8.34. The van der Waals surface area contributed by atoms with E-state index in [0.717, 1.165) is 0 Å². The summed E-state index contributed by atoms with van der Waals surface area (Å²) in [4.78, 5) is 0. The summed E-state index contributed by atoms with van der Waals surface area (Å²) in [5, 5.41) is -1.15. The van der Waals surface area contributed by atoms with Crippen molar-refractivity contribution in [1.29, 1.82) is 0 Å². The molecule has 1 rings (SSSR count). The summed E-state index contributed by atoms with van der Waals surface area (Å²) in [7, 11) is 0. The highest BCUT2D eigenvalue weighted by molar-refractivity contribution is 9.09. The Balaban J connectivity index is 2.92. The third-order valence-electron chi connectivity index (χ3n) is 1.45. The molecule has 0 amide bonds. The minimum Gasteiger partial charge on any atom is -0.493 e. The standard InChI is InChI=1S/C9H10BrFO/c1-2-12-8-6-4-3-5-7(8)9(10)11/h3-6,9H,2H2,1H3. The molecule has 66 valence electrons. The Hall–Kier alpha value is -0.570. The lowest BCUT2D eigenvalue weighted by Gasteiger charge is -2.08. The maximum absolute atomic E-state index is 12.9. The van der Waals surface area contributed by atoms with Gasteiger partial charge in [0.15, 0.2) is 5.08 Å². The number of benzene rings is 1. The zero-order valence-electron chi connectivity index (χ0n) is 6.76. The van der Waals surface area contributed by atoms with E-state index in [0.29, 0.717) is 17.9 Å². The molecule has 0 aliphatic carbocycles. The van der Waals surface area contributed by atoms with E-state index >= 15 is 0 Å². The van der Waals surface area contributed by atoms with Crippen LogP contribution in [0.2, 0.25) is 0 Å². The van der Waals surface area contributed by atoms with E-state index in [9.17, 15) is 4.39 Å². The van der Waals surface area contributed by atoms with E-state index in [2.05, 4.69) is 15.9 Å². The summed E-state index contributed by atoms with van der Waals surface area (Å²) >= 11 is 2.86. The van der Waals surface area contributed by atoms with Gasteiger partial charge in [0.25, 0.3) is 0 Å². The Kier molecular flexibility index (Phi) is 3.53. The normalized spacial score (nSPS) is 12.6. The van der Waals surface area contributed by atoms with Gasteiger partial charge in [-0.05, 0) is 28.9 Å². The maximum atomic E-state index is 12.9. The highest BCUT2D eigenvalue weighted by Gasteiger charge is 2.09. The van der Waals surface area contributed by atoms with E-state index in [1.807, 2.05) is 13.0 Å². The van der Waals surface area contributed by atoms with E-state index < -0.39 is 5.08 Å². The molecule has 1 nitrogen and oxygen atoms in total. The smallest absolute Gasteiger partial charge is 0.183 e. The van der Waals surface area contributed by atoms with Crippen LogP contribution in [0.5, 0.6) is 5.75 Å². The number of rotatable bonds is 3. The molecule has 0 N–H and O–H groups in total. The Labute approximate surface area is 79.7 Å². The lowest BCUT2D eigenvalue weighted by molar-refractivity contribution is 0.329. The van der Waals surface area contributed by atoms with Crippen molar-refractivity contribution in [3.8, 4) is 5.75 Å². The fourth-order valence-electron chi connectivity index (χ4n) is 0.948. The monoisotopic (exact) mass is 232 g/mol. The molecular weight excluding hydrogens is 223 g/mol. The van der Waals surface area contributed by atoms with Crippen LogP contribution in [0, 0.1) is 0 Å². The first-order chi connectivity index (χ1) is 5.75. The Morgan fingerprint density at radius 3 is 2.75 bits per heavy atom. The summed E-state index contributed by atoms with van der Waals surface area (Å²) in [6, 6.07) is 7.06. The number of halogens is 2. The van der Waals surface area contributed by atoms with Crippen molar-refractivity contribution in [2.75, 3.05) is 6.61 Å². The third kappa shape index (κ3) is 2.21. The van der Waals surface area contributed by atoms with Gasteiger partial charge in [-0.25, -0.2) is 4.39 Å². The molecular formula is C9H10BrFO. The second kappa shape index (κ2) is 4.45. The molecule has 3 heteroatoms. The fraction of sp³-hybridized carbons (Fsp3) is 0.333. The van der Waals surface area contributed by atoms with Crippen molar-refractivity contribution in [3.05, 3.63) is 29.8 Å². The van der Waals surface area contributed by atoms with Gasteiger partial charge >= 0.3 is 0 Å². The molecule has 1 unspecified atom stereocenters. The minimum absolute atomic E-state index is 0.541. The van der Waals surface area contributed by atoms with Crippen LogP contribution in [-0.2, 0) is 0 Å². The van der Waals surface area contributed by atoms with E-state index in [4.69, 9.17) is 4.74 Å². The van der Waals surface area contributed by atoms with Gasteiger partial charge in [-0.3, -0.25) is 0 Å². The third-order valence-corrected chi connectivity index (χ3v) is 1.95. The van der Waals surface area contributed by atoms with Crippen molar-refractivity contribution < 1.29 is 9.13 Å². The van der Waals surface area contributed by atoms with Crippen LogP contribution >= 0.6 is 15.9 Å². The largest absolute Gasteiger partial charge is 0.493 e. The van der Waals surface area contributed by atoms with Crippen LogP contribution < -0.4 is 4.74 Å². The second-order valence-electron chi connectivity index (χ2n) is 2.27. The quantitative estimate of drug-likeness (QED) is 0.726. The first kappa shape index (κ1) is 9.52. The first-order valence-corrected chi connectivity index (χ1v) is 4.67. The van der Waals surface area contributed by atoms with Gasteiger partial charge < -0.3 is 4.74 Å². The molecule has 1 atom stereocenters. The van der Waals surface area contributed by atoms with Crippen LogP contribution in [0.3, 0.4) is 0 Å². The number of alkyl halides is 2. The molecule has 0 heterocycles. The predicted molar refractivity (Wildman–Crippen MR) is 50.4 cm³/mol. The molecule has 0 aliphatic rings. The predicted octanol–water partition coefficient (Wildman–Crippen LogP) is 3.45. The minimum atomic E-state index is -1.15. The molecule has 0 aromatic heterocycles. The van der Waals surface area contributed by atoms with E-state index in [-0.39, 0.29) is 0 Å². The second-order valence-corrected chi connectivity index (χ2v) is 3.08. The van der Waals surface area contributed by atoms with Gasteiger partial charge in [-0.15, -0.1) is 0 Å². The summed E-state index contributed by atoms with van der Waals surface area (Å²) in [6.07, 6.45) is 0. The molecule has 0 aliphatic heterocycles. The molecule has 0 spiro atoms. The summed E-state index contributed by atoms with van der Waals surface area (Å²) < 4.78 is 18.1. The molecule has 0 bridgehead atoms. The zero-order chi connectivity index (χ0) is 8.97. The molecule has 0 fully saturated rings. The first-order valence-electron chi connectivity index (χ1n) is 3.75. The molecule has 12 heavy (non-hydrogen) atoms. The number of ether oxygens (including phenoxy) is 1. The Morgan fingerprint density at radius 2 is 2.17 bits per heavy atom. The Morgan fingerprint density at radius 1 is 1.50 bits per heavy atom. The van der Waals surface area contributed by atoms with Gasteiger partial charge in [-0.2, -0.15) is 0 Å². The van der Waals surface area contributed by atoms with Crippen molar-refractivity contribution in [2.45, 2.75) is 12.0 Å². The summed E-state index contributed by atoms with van der Waals surface area (Å²) in [5.74, 6) is 0.601. The average molecular weight is 233 g/mol. The lowest BCUT2D eigenvalue weighted by Crippen LogP contribution is -1.95. The van der Waals surface area contributed by atoms with Crippen molar-refractivity contribution in [3.63, 3.8) is 0 Å². The molecule has 0 saturated carbocycles. The number of hydrogen-bond donors (Lipinski definition) is 0. The van der Waals surface area contributed by atoms with Gasteiger partial charge in [0.1, 0.15) is 5.75 Å². The molecule has 1 aromatic rings. The van der Waals surface area contributed by atoms with Crippen LogP contribution in [0.25, 0.3) is 0 Å². The van der Waals surface area contributed by atoms with Gasteiger partial charge in [0.05, 0.1) is 6.61 Å². The number of para-hydroxylation sites is 1. The van der Waals surface area contributed by atoms with Gasteiger partial charge in [-0.1, -0.05) is 18.2 Å². The van der Waals surface area contributed by atoms with Crippen LogP contribution in [0.4, 0.5) is 4.39 Å². The topological polar surface area (TPSA) is 9.23 Å². The van der Waals surface area contributed by atoms with Crippen LogP contribution in [0.15, 0.2) is 24.3 Å². The van der Waals surface area contributed by atoms with E-state index in [1.54, 1.807) is 18.2 Å².